The molecule has 3 N–H and O–H groups in total. The molecule has 0 atom stereocenters. The molecule has 1 aromatic heterocycles. The van der Waals surface area contributed by atoms with E-state index in [1.165, 1.54) is 0 Å². The minimum absolute atomic E-state index is 0.110. The fraction of sp³-hybridized carbons (Fsp3) is 0.333. The van der Waals surface area contributed by atoms with Crippen LogP contribution >= 0.6 is 0 Å². The van der Waals surface area contributed by atoms with Crippen LogP contribution < -0.4 is 15.5 Å². The molecular weight excluding hydrogens is 531 g/mol. The van der Waals surface area contributed by atoms with Gasteiger partial charge in [0.15, 0.2) is 0 Å². The number of amides is 2. The highest BCUT2D eigenvalue weighted by Crippen LogP contribution is 2.36. The van der Waals surface area contributed by atoms with E-state index in [9.17, 15) is 22.8 Å². The third-order valence-electron chi connectivity index (χ3n) is 6.85. The summed E-state index contributed by atoms with van der Waals surface area (Å²) in [6, 6.07) is 21.4. The molecule has 0 aliphatic carbocycles. The van der Waals surface area contributed by atoms with Gasteiger partial charge in [0.1, 0.15) is 11.2 Å². The van der Waals surface area contributed by atoms with Crippen LogP contribution in [0.5, 0.6) is 0 Å². The van der Waals surface area contributed by atoms with E-state index in [2.05, 4.69) is 37.7 Å². The van der Waals surface area contributed by atoms with E-state index in [1.54, 1.807) is 6.07 Å². The first-order valence-corrected chi connectivity index (χ1v) is 12.5. The molecule has 2 fully saturated rings. The zero-order chi connectivity index (χ0) is 28.8. The molecule has 0 radical (unpaired) electrons. The summed E-state index contributed by atoms with van der Waals surface area (Å²) >= 11 is 0. The van der Waals surface area contributed by atoms with Crippen molar-refractivity contribution in [2.24, 2.45) is 0 Å². The number of benzene rings is 2. The Labute approximate surface area is 227 Å². The zero-order valence-corrected chi connectivity index (χ0v) is 21.4. The number of aromatic nitrogens is 1. The summed E-state index contributed by atoms with van der Waals surface area (Å²) in [5.74, 6) is -2.72. The monoisotopic (exact) mass is 559 g/mol. The Hall–Kier alpha value is -4.39. The van der Waals surface area contributed by atoms with E-state index < -0.39 is 17.7 Å². The summed E-state index contributed by atoms with van der Waals surface area (Å²) in [6.45, 7) is 3.36. The highest BCUT2D eigenvalue weighted by atomic mass is 19.4. The lowest BCUT2D eigenvalue weighted by Crippen LogP contribution is -2.57. The average Bonchev–Trinajstić information content (AvgIpc) is 3.56. The predicted molar refractivity (Wildman–Crippen MR) is 138 cm³/mol. The van der Waals surface area contributed by atoms with Crippen molar-refractivity contribution in [1.82, 2.24) is 20.7 Å². The van der Waals surface area contributed by atoms with Crippen LogP contribution in [0.15, 0.2) is 71.3 Å². The minimum Gasteiger partial charge on any atom is -0.475 e. The number of nitrogens with zero attached hydrogens (tertiary/aromatic N) is 3. The summed E-state index contributed by atoms with van der Waals surface area (Å²) in [5.41, 5.74) is 2.12. The lowest BCUT2D eigenvalue weighted by molar-refractivity contribution is -0.192. The smallest absolute Gasteiger partial charge is 0.475 e. The number of carboxylic acids is 1. The number of halogens is 3. The molecule has 2 aromatic carbocycles. The quantitative estimate of drug-likeness (QED) is 0.421. The van der Waals surface area contributed by atoms with Crippen molar-refractivity contribution in [3.8, 4) is 11.3 Å². The summed E-state index contributed by atoms with van der Waals surface area (Å²) in [7, 11) is 0. The SMILES string of the molecule is O=C(NCCN1CCC2(CC1)C(=O)NCN2c1ccccc1)c1cc(-c2ccccc2)no1.O=C(O)C(F)(F)F. The largest absolute Gasteiger partial charge is 0.490 e. The molecule has 2 amide bonds. The van der Waals surface area contributed by atoms with Crippen LogP contribution in [0.4, 0.5) is 18.9 Å². The molecule has 2 aliphatic rings. The molecule has 0 bridgehead atoms. The first-order chi connectivity index (χ1) is 19.1. The van der Waals surface area contributed by atoms with Gasteiger partial charge < -0.3 is 30.1 Å². The van der Waals surface area contributed by atoms with Gasteiger partial charge in [0.05, 0.1) is 6.67 Å². The first-order valence-electron chi connectivity index (χ1n) is 12.5. The Morgan fingerprint density at radius 3 is 2.25 bits per heavy atom. The van der Waals surface area contributed by atoms with Crippen LogP contribution in [0, 0.1) is 0 Å². The molecule has 10 nitrogen and oxygen atoms in total. The Bertz CT molecular complexity index is 1310. The maximum Gasteiger partial charge on any atom is 0.490 e. The molecular formula is C27H28F3N5O5. The van der Waals surface area contributed by atoms with Gasteiger partial charge >= 0.3 is 12.1 Å². The molecule has 212 valence electrons. The van der Waals surface area contributed by atoms with Crippen molar-refractivity contribution in [2.75, 3.05) is 37.7 Å². The van der Waals surface area contributed by atoms with Gasteiger partial charge in [-0.2, -0.15) is 13.2 Å². The number of carbonyl (C=O) groups excluding carboxylic acids is 2. The third-order valence-corrected chi connectivity index (χ3v) is 6.85. The van der Waals surface area contributed by atoms with E-state index in [1.807, 2.05) is 48.5 Å². The van der Waals surface area contributed by atoms with Gasteiger partial charge in [-0.1, -0.05) is 53.7 Å². The second-order valence-electron chi connectivity index (χ2n) is 9.30. The van der Waals surface area contributed by atoms with Gasteiger partial charge in [0, 0.05) is 43.5 Å². The minimum atomic E-state index is -5.08. The number of hydrogen-bond acceptors (Lipinski definition) is 7. The van der Waals surface area contributed by atoms with Gasteiger partial charge in [-0.25, -0.2) is 4.79 Å². The second kappa shape index (κ2) is 12.2. The van der Waals surface area contributed by atoms with Gasteiger partial charge in [0.25, 0.3) is 5.91 Å². The maximum absolute atomic E-state index is 12.8. The molecule has 2 saturated heterocycles. The molecule has 3 aromatic rings. The number of aliphatic carboxylic acids is 1. The summed E-state index contributed by atoms with van der Waals surface area (Å²) in [5, 5.41) is 17.1. The molecule has 0 saturated carbocycles. The number of piperidine rings is 1. The number of rotatable bonds is 6. The Morgan fingerprint density at radius 2 is 1.65 bits per heavy atom. The summed E-state index contributed by atoms with van der Waals surface area (Å²) in [4.78, 5) is 38.6. The van der Waals surface area contributed by atoms with Crippen LogP contribution in [-0.4, -0.2) is 77.5 Å². The molecule has 0 unspecified atom stereocenters. The Morgan fingerprint density at radius 1 is 1.05 bits per heavy atom. The standard InChI is InChI=1S/C25H27N5O3.C2HF3O2/c31-23(22-17-21(28-33-22)19-7-3-1-4-8-19)26-13-16-29-14-11-25(12-15-29)24(32)27-18-30(25)20-9-5-2-6-10-20;3-2(4,5)1(6)7/h1-10,17H,11-16,18H2,(H,26,31)(H,27,32);(H,6,7). The molecule has 3 heterocycles. The number of hydrogen-bond donors (Lipinski definition) is 3. The number of anilines is 1. The number of para-hydroxylation sites is 1. The predicted octanol–water partition coefficient (Wildman–Crippen LogP) is 3.13. The fourth-order valence-electron chi connectivity index (χ4n) is 4.72. The highest BCUT2D eigenvalue weighted by molar-refractivity contribution is 5.93. The fourth-order valence-corrected chi connectivity index (χ4v) is 4.72. The maximum atomic E-state index is 12.8. The second-order valence-corrected chi connectivity index (χ2v) is 9.30. The first kappa shape index (κ1) is 28.6. The van der Waals surface area contributed by atoms with Crippen molar-refractivity contribution in [3.05, 3.63) is 72.5 Å². The van der Waals surface area contributed by atoms with E-state index in [0.717, 1.165) is 37.2 Å². The third kappa shape index (κ3) is 6.60. The molecule has 5 rings (SSSR count). The van der Waals surface area contributed by atoms with E-state index in [-0.39, 0.29) is 17.6 Å². The van der Waals surface area contributed by atoms with E-state index in [4.69, 9.17) is 14.4 Å². The number of carbonyl (C=O) groups is 3. The molecule has 13 heteroatoms. The van der Waals surface area contributed by atoms with E-state index >= 15 is 0 Å². The normalized spacial score (nSPS) is 16.7. The van der Waals surface area contributed by atoms with Crippen molar-refractivity contribution >= 4 is 23.5 Å². The number of likely N-dealkylation sites (tertiary alicyclic amines) is 1. The number of alkyl halides is 3. The lowest BCUT2D eigenvalue weighted by Gasteiger charge is -2.43. The van der Waals surface area contributed by atoms with Gasteiger partial charge in [0.2, 0.25) is 11.7 Å². The van der Waals surface area contributed by atoms with Gasteiger partial charge in [-0.15, -0.1) is 0 Å². The van der Waals surface area contributed by atoms with Crippen molar-refractivity contribution < 1.29 is 37.2 Å². The van der Waals surface area contributed by atoms with Gasteiger partial charge in [-0.05, 0) is 25.0 Å². The van der Waals surface area contributed by atoms with Crippen molar-refractivity contribution in [1.29, 1.82) is 0 Å². The van der Waals surface area contributed by atoms with E-state index in [0.29, 0.717) is 25.5 Å². The van der Waals surface area contributed by atoms with Crippen LogP contribution in [0.25, 0.3) is 11.3 Å². The van der Waals surface area contributed by atoms with Crippen LogP contribution in [0.2, 0.25) is 0 Å². The van der Waals surface area contributed by atoms with Gasteiger partial charge in [-0.3, -0.25) is 9.59 Å². The topological polar surface area (TPSA) is 128 Å². The number of nitrogens with one attached hydrogen (secondary N) is 2. The Kier molecular flexibility index (Phi) is 8.73. The van der Waals surface area contributed by atoms with Crippen LogP contribution in [0.3, 0.4) is 0 Å². The highest BCUT2D eigenvalue weighted by Gasteiger charge is 2.50. The summed E-state index contributed by atoms with van der Waals surface area (Å²) in [6.07, 6.45) is -3.57. The van der Waals surface area contributed by atoms with Crippen molar-refractivity contribution in [3.63, 3.8) is 0 Å². The molecule has 1 spiro atoms. The Balaban J connectivity index is 0.000000470. The van der Waals surface area contributed by atoms with Crippen molar-refractivity contribution in [2.45, 2.75) is 24.6 Å². The lowest BCUT2D eigenvalue weighted by atomic mass is 9.85. The molecule has 2 aliphatic heterocycles. The van der Waals surface area contributed by atoms with Crippen LogP contribution in [0.1, 0.15) is 23.4 Å². The number of carboxylic acid groups (broad SMARTS) is 1. The summed E-state index contributed by atoms with van der Waals surface area (Å²) < 4.78 is 37.0. The zero-order valence-electron chi connectivity index (χ0n) is 21.4. The molecule has 40 heavy (non-hydrogen) atoms. The average molecular weight is 560 g/mol. The van der Waals surface area contributed by atoms with Crippen LogP contribution in [-0.2, 0) is 9.59 Å².